The molecular formula is C16H22. The zero-order valence-corrected chi connectivity index (χ0v) is 10.2. The largest absolute Gasteiger partial charge is 0.103 e. The molecule has 5 unspecified atom stereocenters. The molecule has 0 aromatic carbocycles. The molecule has 2 bridgehead atoms. The van der Waals surface area contributed by atoms with Crippen molar-refractivity contribution in [3.8, 4) is 0 Å². The summed E-state index contributed by atoms with van der Waals surface area (Å²) < 4.78 is 0. The first-order chi connectivity index (χ1) is 7.81. The van der Waals surface area contributed by atoms with E-state index in [1.165, 1.54) is 6.42 Å². The van der Waals surface area contributed by atoms with Crippen LogP contribution >= 0.6 is 0 Å². The predicted octanol–water partition coefficient (Wildman–Crippen LogP) is 4.38. The molecule has 0 nitrogen and oxygen atoms in total. The maximum Gasteiger partial charge on any atom is -0.0133 e. The lowest BCUT2D eigenvalue weighted by Gasteiger charge is -2.31. The third kappa shape index (κ3) is 1.81. The summed E-state index contributed by atoms with van der Waals surface area (Å²) in [6, 6.07) is 0. The van der Waals surface area contributed by atoms with Gasteiger partial charge in [-0.3, -0.25) is 0 Å². The van der Waals surface area contributed by atoms with Crippen LogP contribution in [0.2, 0.25) is 0 Å². The van der Waals surface area contributed by atoms with Crippen LogP contribution in [-0.2, 0) is 0 Å². The Morgan fingerprint density at radius 1 is 1.31 bits per heavy atom. The Kier molecular flexibility index (Phi) is 3.48. The summed E-state index contributed by atoms with van der Waals surface area (Å²) in [7, 11) is 0. The fraction of sp³-hybridized carbons (Fsp3) is 0.500. The van der Waals surface area contributed by atoms with Crippen molar-refractivity contribution in [2.75, 3.05) is 0 Å². The van der Waals surface area contributed by atoms with E-state index in [0.717, 1.165) is 24.2 Å². The quantitative estimate of drug-likeness (QED) is 0.596. The van der Waals surface area contributed by atoms with Crippen molar-refractivity contribution >= 4 is 0 Å². The van der Waals surface area contributed by atoms with Crippen molar-refractivity contribution in [1.29, 1.82) is 0 Å². The van der Waals surface area contributed by atoms with Crippen LogP contribution in [-0.4, -0.2) is 0 Å². The minimum absolute atomic E-state index is 0.644. The van der Waals surface area contributed by atoms with Gasteiger partial charge in [-0.25, -0.2) is 0 Å². The average Bonchev–Trinajstić information content (AvgIpc) is 2.88. The highest BCUT2D eigenvalue weighted by Gasteiger charge is 2.45. The first-order valence-electron chi connectivity index (χ1n) is 6.36. The molecule has 5 atom stereocenters. The topological polar surface area (TPSA) is 0 Å². The second-order valence-electron chi connectivity index (χ2n) is 5.05. The molecule has 0 aromatic rings. The molecule has 0 radical (unpaired) electrons. The van der Waals surface area contributed by atoms with E-state index >= 15 is 0 Å². The third-order valence-corrected chi connectivity index (χ3v) is 4.23. The van der Waals surface area contributed by atoms with Gasteiger partial charge in [0.25, 0.3) is 0 Å². The van der Waals surface area contributed by atoms with Gasteiger partial charge in [-0.1, -0.05) is 36.5 Å². The van der Waals surface area contributed by atoms with Crippen molar-refractivity contribution in [2.45, 2.75) is 19.8 Å². The van der Waals surface area contributed by atoms with Crippen LogP contribution in [0.4, 0.5) is 0 Å². The van der Waals surface area contributed by atoms with Gasteiger partial charge in [0.15, 0.2) is 0 Å². The predicted molar refractivity (Wildman–Crippen MR) is 71.0 cm³/mol. The summed E-state index contributed by atoms with van der Waals surface area (Å²) in [6.07, 6.45) is 16.0. The van der Waals surface area contributed by atoms with Crippen molar-refractivity contribution in [1.82, 2.24) is 0 Å². The summed E-state index contributed by atoms with van der Waals surface area (Å²) in [5.74, 6) is 3.60. The number of hydrogen-bond donors (Lipinski definition) is 0. The van der Waals surface area contributed by atoms with Crippen LogP contribution in [0.25, 0.3) is 0 Å². The molecule has 0 amide bonds. The molecule has 0 N–H and O–H groups in total. The molecule has 2 aliphatic rings. The molecule has 1 fully saturated rings. The number of fused-ring (bicyclic) bond motifs is 2. The van der Waals surface area contributed by atoms with Gasteiger partial charge in [-0.05, 0) is 49.4 Å². The van der Waals surface area contributed by atoms with Gasteiger partial charge in [-0.2, -0.15) is 0 Å². The summed E-state index contributed by atoms with van der Waals surface area (Å²) in [4.78, 5) is 0. The standard InChI is InChI=1S/C16H22/c1-4-7-12(8-5-2)16-14-10-9-13(11-14)15(16)6-3/h4-6,8-10,12-16H,1,3,7,11H2,2H3/b8-5-. The lowest BCUT2D eigenvalue weighted by molar-refractivity contribution is 0.284. The van der Waals surface area contributed by atoms with Crippen LogP contribution in [0.1, 0.15) is 19.8 Å². The molecule has 0 saturated heterocycles. The normalized spacial score (nSPS) is 38.1. The summed E-state index contributed by atoms with van der Waals surface area (Å²) in [6.45, 7) is 10.0. The van der Waals surface area contributed by atoms with Crippen molar-refractivity contribution in [3.63, 3.8) is 0 Å². The van der Waals surface area contributed by atoms with Gasteiger partial charge in [0.05, 0.1) is 0 Å². The highest BCUT2D eigenvalue weighted by molar-refractivity contribution is 5.19. The van der Waals surface area contributed by atoms with E-state index in [1.807, 2.05) is 0 Å². The van der Waals surface area contributed by atoms with E-state index in [0.29, 0.717) is 11.8 Å². The fourth-order valence-corrected chi connectivity index (χ4v) is 3.64. The molecule has 0 heterocycles. The van der Waals surface area contributed by atoms with E-state index < -0.39 is 0 Å². The van der Waals surface area contributed by atoms with Crippen LogP contribution in [0.5, 0.6) is 0 Å². The van der Waals surface area contributed by atoms with E-state index in [4.69, 9.17) is 0 Å². The van der Waals surface area contributed by atoms with Gasteiger partial charge in [0.1, 0.15) is 0 Å². The third-order valence-electron chi connectivity index (χ3n) is 4.23. The Hall–Kier alpha value is -1.04. The van der Waals surface area contributed by atoms with E-state index in [2.05, 4.69) is 56.5 Å². The highest BCUT2D eigenvalue weighted by atomic mass is 14.5. The summed E-state index contributed by atoms with van der Waals surface area (Å²) in [5, 5.41) is 0. The van der Waals surface area contributed by atoms with E-state index in [1.54, 1.807) is 0 Å². The molecule has 0 aromatic heterocycles. The molecular weight excluding hydrogens is 192 g/mol. The smallest absolute Gasteiger partial charge is 0.0133 e. The maximum atomic E-state index is 4.03. The second-order valence-corrected chi connectivity index (χ2v) is 5.05. The van der Waals surface area contributed by atoms with Crippen LogP contribution in [0, 0.1) is 29.6 Å². The fourth-order valence-electron chi connectivity index (χ4n) is 3.64. The Morgan fingerprint density at radius 3 is 2.69 bits per heavy atom. The molecule has 0 heteroatoms. The molecule has 0 spiro atoms. The number of hydrogen-bond acceptors (Lipinski definition) is 0. The molecule has 0 aliphatic heterocycles. The SMILES string of the molecule is C=CCC(/C=C\C)C1C2C=CC(C2)C1C=C. The van der Waals surface area contributed by atoms with Crippen LogP contribution in [0.3, 0.4) is 0 Å². The lowest BCUT2D eigenvalue weighted by Crippen LogP contribution is -2.24. The Labute approximate surface area is 99.4 Å². The van der Waals surface area contributed by atoms with Crippen LogP contribution < -0.4 is 0 Å². The van der Waals surface area contributed by atoms with Crippen molar-refractivity contribution < 1.29 is 0 Å². The van der Waals surface area contributed by atoms with Gasteiger partial charge >= 0.3 is 0 Å². The monoisotopic (exact) mass is 214 g/mol. The maximum absolute atomic E-state index is 4.03. The van der Waals surface area contributed by atoms with E-state index in [9.17, 15) is 0 Å². The van der Waals surface area contributed by atoms with Gasteiger partial charge < -0.3 is 0 Å². The molecule has 2 aliphatic carbocycles. The average molecular weight is 214 g/mol. The first-order valence-corrected chi connectivity index (χ1v) is 6.36. The minimum Gasteiger partial charge on any atom is -0.103 e. The molecule has 86 valence electrons. The molecule has 1 saturated carbocycles. The van der Waals surface area contributed by atoms with Crippen molar-refractivity contribution in [2.24, 2.45) is 29.6 Å². The second kappa shape index (κ2) is 4.86. The first kappa shape index (κ1) is 11.4. The van der Waals surface area contributed by atoms with Crippen LogP contribution in [0.15, 0.2) is 49.6 Å². The van der Waals surface area contributed by atoms with Gasteiger partial charge in [0.2, 0.25) is 0 Å². The highest BCUT2D eigenvalue weighted by Crippen LogP contribution is 2.52. The molecule has 2 rings (SSSR count). The molecule has 16 heavy (non-hydrogen) atoms. The number of allylic oxidation sites excluding steroid dienone is 6. The van der Waals surface area contributed by atoms with E-state index in [-0.39, 0.29) is 0 Å². The minimum atomic E-state index is 0.644. The number of rotatable bonds is 5. The van der Waals surface area contributed by atoms with Gasteiger partial charge in [0, 0.05) is 0 Å². The Bertz CT molecular complexity index is 321. The van der Waals surface area contributed by atoms with Gasteiger partial charge in [-0.15, -0.1) is 13.2 Å². The lowest BCUT2D eigenvalue weighted by atomic mass is 9.73. The van der Waals surface area contributed by atoms with Crippen molar-refractivity contribution in [3.05, 3.63) is 49.6 Å². The summed E-state index contributed by atoms with van der Waals surface area (Å²) >= 11 is 0. The summed E-state index contributed by atoms with van der Waals surface area (Å²) in [5.41, 5.74) is 0. The Balaban J connectivity index is 2.20. The zero-order chi connectivity index (χ0) is 11.5. The zero-order valence-electron chi connectivity index (χ0n) is 10.2. The Morgan fingerprint density at radius 2 is 2.06 bits per heavy atom.